The molecule has 0 aliphatic carbocycles. The Morgan fingerprint density at radius 2 is 1.85 bits per heavy atom. The first-order valence-corrected chi connectivity index (χ1v) is 5.43. The van der Waals surface area contributed by atoms with Crippen LogP contribution in [0.3, 0.4) is 0 Å². The summed E-state index contributed by atoms with van der Waals surface area (Å²) < 4.78 is 15.0. The number of carboxylic acid groups (broad SMARTS) is 1. The molecule has 0 saturated carbocycles. The third kappa shape index (κ3) is 4.22. The number of hydrogen-bond acceptors (Lipinski definition) is 4. The van der Waals surface area contributed by atoms with Crippen LogP contribution < -0.4 is 5.32 Å². The molecule has 78 valence electrons. The van der Waals surface area contributed by atoms with E-state index in [-0.39, 0.29) is 0 Å². The molecule has 0 heterocycles. The molecule has 13 heavy (non-hydrogen) atoms. The van der Waals surface area contributed by atoms with Crippen LogP contribution in [-0.2, 0) is 14.2 Å². The van der Waals surface area contributed by atoms with Crippen molar-refractivity contribution in [1.82, 2.24) is 5.32 Å². The van der Waals surface area contributed by atoms with Gasteiger partial charge in [0.15, 0.2) is 9.52 Å². The van der Waals surface area contributed by atoms with E-state index < -0.39 is 21.2 Å². The highest BCUT2D eigenvalue weighted by atomic mass is 28.2. The van der Waals surface area contributed by atoms with Gasteiger partial charge in [0.1, 0.15) is 0 Å². The third-order valence-electron chi connectivity index (χ3n) is 1.64. The second kappa shape index (κ2) is 5.92. The van der Waals surface area contributed by atoms with Crippen molar-refractivity contribution in [2.45, 2.75) is 5.60 Å². The molecule has 0 aliphatic rings. The van der Waals surface area contributed by atoms with Gasteiger partial charge >= 0.3 is 6.09 Å². The molecule has 0 aromatic rings. The lowest BCUT2D eigenvalue weighted by Gasteiger charge is -2.28. The zero-order valence-electron chi connectivity index (χ0n) is 7.99. The molecule has 0 atom stereocenters. The van der Waals surface area contributed by atoms with Crippen molar-refractivity contribution in [3.05, 3.63) is 0 Å². The number of rotatable bonds is 6. The van der Waals surface area contributed by atoms with Crippen molar-refractivity contribution in [3.63, 3.8) is 0 Å². The van der Waals surface area contributed by atoms with Crippen molar-refractivity contribution in [1.29, 1.82) is 0 Å². The Morgan fingerprint density at radius 3 is 2.15 bits per heavy atom. The summed E-state index contributed by atoms with van der Waals surface area (Å²) in [5.41, 5.74) is -1.03. The molecule has 0 radical (unpaired) electrons. The average Bonchev–Trinajstić information content (AvgIpc) is 2.13. The molecule has 0 bridgehead atoms. The monoisotopic (exact) mass is 209 g/mol. The quantitative estimate of drug-likeness (QED) is 0.430. The molecule has 0 unspecified atom stereocenters. The highest BCUT2D eigenvalue weighted by molar-refractivity contribution is 6.38. The fraction of sp³-hybridized carbons (Fsp3) is 0.833. The summed E-state index contributed by atoms with van der Waals surface area (Å²) >= 11 is 0. The standard InChI is InChI=1S/C6H15NO5Si/c1-10-6(11-2,12-3)13-4-7-5(8)9/h7H,4,13H2,1-3H3,(H,8,9). The predicted octanol–water partition coefficient (Wildman–Crippen LogP) is -1.07. The SMILES string of the molecule is COC(OC)(OC)[SiH2]CNC(=O)O. The van der Waals surface area contributed by atoms with Gasteiger partial charge < -0.3 is 24.6 Å². The molecular weight excluding hydrogens is 194 g/mol. The minimum Gasteiger partial charge on any atom is -0.465 e. The zero-order chi connectivity index (χ0) is 10.3. The van der Waals surface area contributed by atoms with Gasteiger partial charge in [-0.2, -0.15) is 0 Å². The lowest BCUT2D eigenvalue weighted by Crippen LogP contribution is -2.47. The first-order valence-electron chi connectivity index (χ1n) is 3.72. The molecule has 2 N–H and O–H groups in total. The summed E-state index contributed by atoms with van der Waals surface area (Å²) in [6, 6.07) is 0. The van der Waals surface area contributed by atoms with E-state index in [1.165, 1.54) is 21.3 Å². The molecule has 0 rings (SSSR count). The Hall–Kier alpha value is -0.633. The Labute approximate surface area is 79.0 Å². The van der Waals surface area contributed by atoms with Gasteiger partial charge in [-0.05, 0) is 0 Å². The first-order chi connectivity index (χ1) is 6.10. The van der Waals surface area contributed by atoms with Crippen LogP contribution in [0, 0.1) is 0 Å². The van der Waals surface area contributed by atoms with E-state index in [1.807, 2.05) is 0 Å². The van der Waals surface area contributed by atoms with E-state index in [4.69, 9.17) is 19.3 Å². The molecule has 0 aromatic carbocycles. The maximum Gasteiger partial charge on any atom is 0.404 e. The van der Waals surface area contributed by atoms with Crippen molar-refractivity contribution >= 4 is 15.6 Å². The average molecular weight is 209 g/mol. The number of hydrogen-bond donors (Lipinski definition) is 2. The molecule has 0 aliphatic heterocycles. The predicted molar refractivity (Wildman–Crippen MR) is 48.3 cm³/mol. The number of amides is 1. The van der Waals surface area contributed by atoms with Crippen LogP contribution in [0.2, 0.25) is 0 Å². The summed E-state index contributed by atoms with van der Waals surface area (Å²) in [6.45, 7) is 0. The molecule has 0 fully saturated rings. The van der Waals surface area contributed by atoms with Crippen molar-refractivity contribution < 1.29 is 24.1 Å². The molecule has 0 saturated heterocycles. The Morgan fingerprint density at radius 1 is 1.38 bits per heavy atom. The summed E-state index contributed by atoms with van der Waals surface area (Å²) in [6.07, 6.45) is -0.713. The lowest BCUT2D eigenvalue weighted by atomic mass is 11.1. The smallest absolute Gasteiger partial charge is 0.404 e. The Balaban J connectivity index is 3.88. The Kier molecular flexibility index (Phi) is 5.63. The normalized spacial score (nSPS) is 12.2. The minimum absolute atomic E-state index is 0.338. The fourth-order valence-corrected chi connectivity index (χ4v) is 2.14. The largest absolute Gasteiger partial charge is 0.465 e. The highest BCUT2D eigenvalue weighted by Gasteiger charge is 2.29. The van der Waals surface area contributed by atoms with E-state index in [2.05, 4.69) is 5.32 Å². The van der Waals surface area contributed by atoms with Crippen LogP contribution in [-0.4, -0.2) is 53.8 Å². The summed E-state index contributed by atoms with van der Waals surface area (Å²) in [5.74, 6) is 0. The van der Waals surface area contributed by atoms with E-state index in [0.29, 0.717) is 6.17 Å². The van der Waals surface area contributed by atoms with E-state index in [9.17, 15) is 4.79 Å². The maximum absolute atomic E-state index is 10.1. The van der Waals surface area contributed by atoms with Gasteiger partial charge in [0, 0.05) is 27.5 Å². The molecular formula is C6H15NO5Si. The summed E-state index contributed by atoms with van der Waals surface area (Å²) in [7, 11) is 3.39. The number of nitrogens with one attached hydrogen (secondary N) is 1. The lowest BCUT2D eigenvalue weighted by molar-refractivity contribution is -0.294. The van der Waals surface area contributed by atoms with E-state index in [0.717, 1.165) is 0 Å². The van der Waals surface area contributed by atoms with Crippen LogP contribution in [0.15, 0.2) is 0 Å². The van der Waals surface area contributed by atoms with Crippen LogP contribution in [0.4, 0.5) is 4.79 Å². The van der Waals surface area contributed by atoms with Gasteiger partial charge in [-0.15, -0.1) is 0 Å². The number of carbonyl (C=O) groups is 1. The van der Waals surface area contributed by atoms with Crippen LogP contribution in [0.25, 0.3) is 0 Å². The number of methoxy groups -OCH3 is 3. The number of ether oxygens (including phenoxy) is 3. The third-order valence-corrected chi connectivity index (χ3v) is 3.62. The van der Waals surface area contributed by atoms with Gasteiger partial charge in [0.2, 0.25) is 5.60 Å². The first kappa shape index (κ1) is 12.4. The van der Waals surface area contributed by atoms with Crippen molar-refractivity contribution in [3.8, 4) is 0 Å². The van der Waals surface area contributed by atoms with Crippen molar-refractivity contribution in [2.24, 2.45) is 0 Å². The maximum atomic E-state index is 10.1. The molecule has 0 aromatic heterocycles. The highest BCUT2D eigenvalue weighted by Crippen LogP contribution is 2.08. The van der Waals surface area contributed by atoms with Gasteiger partial charge in [0.25, 0.3) is 0 Å². The van der Waals surface area contributed by atoms with E-state index in [1.54, 1.807) is 0 Å². The van der Waals surface area contributed by atoms with Crippen molar-refractivity contribution in [2.75, 3.05) is 27.5 Å². The van der Waals surface area contributed by atoms with Gasteiger partial charge in [0.05, 0.1) is 0 Å². The fourth-order valence-electron chi connectivity index (χ4n) is 0.879. The van der Waals surface area contributed by atoms with Crippen LogP contribution in [0.1, 0.15) is 0 Å². The molecule has 7 heteroatoms. The van der Waals surface area contributed by atoms with Gasteiger partial charge in [-0.25, -0.2) is 4.79 Å². The molecule has 0 spiro atoms. The minimum atomic E-state index is -1.05. The summed E-state index contributed by atoms with van der Waals surface area (Å²) in [4.78, 5) is 10.1. The van der Waals surface area contributed by atoms with Crippen LogP contribution in [0.5, 0.6) is 0 Å². The molecule has 6 nitrogen and oxygen atoms in total. The van der Waals surface area contributed by atoms with E-state index >= 15 is 0 Å². The topological polar surface area (TPSA) is 77.0 Å². The van der Waals surface area contributed by atoms with Gasteiger partial charge in [-0.3, -0.25) is 0 Å². The summed E-state index contributed by atoms with van der Waals surface area (Å²) in [5, 5.41) is 10.6. The zero-order valence-corrected chi connectivity index (χ0v) is 9.41. The molecule has 1 amide bonds. The van der Waals surface area contributed by atoms with Gasteiger partial charge in [-0.1, -0.05) is 0 Å². The van der Waals surface area contributed by atoms with Crippen LogP contribution >= 0.6 is 0 Å². The second-order valence-corrected chi connectivity index (χ2v) is 4.14. The Bertz CT molecular complexity index is 153. The second-order valence-electron chi connectivity index (χ2n) is 2.28.